The molecule has 2 aromatic carbocycles. The van der Waals surface area contributed by atoms with Crippen molar-refractivity contribution in [2.24, 2.45) is 5.92 Å². The predicted molar refractivity (Wildman–Crippen MR) is 116 cm³/mol. The number of fused-ring (bicyclic) bond motifs is 1. The number of carbonyl (C=O) groups excluding carboxylic acids is 1. The molecule has 1 N–H and O–H groups in total. The molecule has 150 valence electrons. The van der Waals surface area contributed by atoms with Crippen molar-refractivity contribution >= 4 is 16.9 Å². The maximum Gasteiger partial charge on any atom is 0.255 e. The summed E-state index contributed by atoms with van der Waals surface area (Å²) in [4.78, 5) is 23.1. The fourth-order valence-corrected chi connectivity index (χ4v) is 4.13. The molecule has 30 heavy (non-hydrogen) atoms. The van der Waals surface area contributed by atoms with Gasteiger partial charge >= 0.3 is 0 Å². The van der Waals surface area contributed by atoms with Crippen LogP contribution >= 0.6 is 0 Å². The van der Waals surface area contributed by atoms with E-state index in [-0.39, 0.29) is 5.91 Å². The smallest absolute Gasteiger partial charge is 0.255 e. The number of carbonyl (C=O) groups is 1. The Kier molecular flexibility index (Phi) is 4.97. The lowest BCUT2D eigenvalue weighted by atomic mass is 9.93. The minimum absolute atomic E-state index is 0.0317. The summed E-state index contributed by atoms with van der Waals surface area (Å²) in [5.41, 5.74) is 4.38. The summed E-state index contributed by atoms with van der Waals surface area (Å²) in [6, 6.07) is 19.8. The van der Waals surface area contributed by atoms with E-state index in [0.29, 0.717) is 11.5 Å². The van der Waals surface area contributed by atoms with Gasteiger partial charge < -0.3 is 9.88 Å². The molecule has 1 aliphatic rings. The number of imidazole rings is 1. The van der Waals surface area contributed by atoms with E-state index >= 15 is 0 Å². The van der Waals surface area contributed by atoms with Crippen LogP contribution in [0.1, 0.15) is 29.0 Å². The molecule has 0 spiro atoms. The summed E-state index contributed by atoms with van der Waals surface area (Å²) in [7, 11) is 0. The van der Waals surface area contributed by atoms with Crippen LogP contribution in [0.4, 0.5) is 0 Å². The highest BCUT2D eigenvalue weighted by Crippen LogP contribution is 2.24. The van der Waals surface area contributed by atoms with Crippen molar-refractivity contribution in [1.29, 1.82) is 0 Å². The fraction of sp³-hybridized carbons (Fsp3) is 0.250. The molecular formula is C24H23N5O. The van der Waals surface area contributed by atoms with Gasteiger partial charge in [0, 0.05) is 25.1 Å². The minimum atomic E-state index is 0.0317. The molecule has 4 aromatic rings. The summed E-state index contributed by atoms with van der Waals surface area (Å²) in [5, 5.41) is 8.24. The molecule has 6 heteroatoms. The third-order valence-corrected chi connectivity index (χ3v) is 5.79. The number of aromatic nitrogens is 4. The van der Waals surface area contributed by atoms with Gasteiger partial charge in [-0.1, -0.05) is 42.5 Å². The fourth-order valence-electron chi connectivity index (χ4n) is 4.13. The number of hydrogen-bond donors (Lipinski definition) is 1. The Morgan fingerprint density at radius 1 is 1.03 bits per heavy atom. The molecule has 0 radical (unpaired) electrons. The van der Waals surface area contributed by atoms with E-state index in [1.54, 1.807) is 6.20 Å². The second-order valence-electron chi connectivity index (χ2n) is 7.84. The second kappa shape index (κ2) is 8.06. The van der Waals surface area contributed by atoms with E-state index in [9.17, 15) is 4.79 Å². The van der Waals surface area contributed by atoms with E-state index in [2.05, 4.69) is 21.2 Å². The Hall–Kier alpha value is -3.54. The number of amides is 1. The van der Waals surface area contributed by atoms with Gasteiger partial charge in [0.15, 0.2) is 0 Å². The molecule has 0 atom stereocenters. The van der Waals surface area contributed by atoms with Gasteiger partial charge in [0.05, 0.1) is 28.5 Å². The van der Waals surface area contributed by atoms with Gasteiger partial charge in [-0.25, -0.2) is 4.98 Å². The Bertz CT molecular complexity index is 1130. The molecule has 5 rings (SSSR count). The summed E-state index contributed by atoms with van der Waals surface area (Å²) >= 11 is 0. The zero-order chi connectivity index (χ0) is 20.3. The third kappa shape index (κ3) is 3.81. The van der Waals surface area contributed by atoms with Crippen LogP contribution in [0.15, 0.2) is 66.9 Å². The summed E-state index contributed by atoms with van der Waals surface area (Å²) < 4.78 is 0. The first-order chi connectivity index (χ1) is 14.8. The first-order valence-electron chi connectivity index (χ1n) is 10.4. The monoisotopic (exact) mass is 397 g/mol. The summed E-state index contributed by atoms with van der Waals surface area (Å²) in [6.07, 6.45) is 4.45. The molecule has 1 amide bonds. The number of H-pyrrole nitrogens is 1. The van der Waals surface area contributed by atoms with Crippen molar-refractivity contribution in [3.05, 3.63) is 78.2 Å². The molecule has 0 saturated carbocycles. The first-order valence-corrected chi connectivity index (χ1v) is 10.4. The largest absolute Gasteiger partial charge is 0.342 e. The highest BCUT2D eigenvalue weighted by molar-refractivity contribution is 5.94. The second-order valence-corrected chi connectivity index (χ2v) is 7.84. The van der Waals surface area contributed by atoms with E-state index in [1.165, 1.54) is 0 Å². The van der Waals surface area contributed by atoms with Gasteiger partial charge in [0.1, 0.15) is 5.82 Å². The molecule has 1 aliphatic heterocycles. The van der Waals surface area contributed by atoms with Crippen LogP contribution in [0, 0.1) is 5.92 Å². The number of aromatic amines is 1. The van der Waals surface area contributed by atoms with Crippen molar-refractivity contribution < 1.29 is 4.79 Å². The highest BCUT2D eigenvalue weighted by atomic mass is 16.2. The van der Waals surface area contributed by atoms with Crippen LogP contribution in [0.2, 0.25) is 0 Å². The van der Waals surface area contributed by atoms with Gasteiger partial charge in [-0.15, -0.1) is 0 Å². The number of hydrogen-bond acceptors (Lipinski definition) is 4. The van der Waals surface area contributed by atoms with Crippen LogP contribution in [0.5, 0.6) is 0 Å². The number of rotatable bonds is 4. The SMILES string of the molecule is O=C(c1cnnc(-c2ccccc2)c1)N1CCC(Cc2nc3ccccc3[nH]2)CC1. The Labute approximate surface area is 175 Å². The molecule has 6 nitrogen and oxygen atoms in total. The van der Waals surface area contributed by atoms with E-state index in [1.807, 2.05) is 59.5 Å². The van der Waals surface area contributed by atoms with Gasteiger partial charge in [-0.3, -0.25) is 4.79 Å². The Morgan fingerprint density at radius 3 is 2.60 bits per heavy atom. The number of likely N-dealkylation sites (tertiary alicyclic amines) is 1. The van der Waals surface area contributed by atoms with Gasteiger partial charge in [0.2, 0.25) is 0 Å². The highest BCUT2D eigenvalue weighted by Gasteiger charge is 2.25. The zero-order valence-electron chi connectivity index (χ0n) is 16.7. The van der Waals surface area contributed by atoms with Crippen LogP contribution in [-0.4, -0.2) is 44.1 Å². The van der Waals surface area contributed by atoms with Gasteiger partial charge in [-0.2, -0.15) is 10.2 Å². The Balaban J connectivity index is 1.23. The average Bonchev–Trinajstić information content (AvgIpc) is 3.22. The van der Waals surface area contributed by atoms with E-state index in [4.69, 9.17) is 4.98 Å². The lowest BCUT2D eigenvalue weighted by Gasteiger charge is -2.31. The number of nitrogens with zero attached hydrogens (tertiary/aromatic N) is 4. The van der Waals surface area contributed by atoms with E-state index in [0.717, 1.165) is 60.5 Å². The molecule has 0 bridgehead atoms. The van der Waals surface area contributed by atoms with Crippen molar-refractivity contribution in [1.82, 2.24) is 25.1 Å². The molecular weight excluding hydrogens is 374 g/mol. The number of nitrogens with one attached hydrogen (secondary N) is 1. The summed E-state index contributed by atoms with van der Waals surface area (Å²) in [6.45, 7) is 1.51. The van der Waals surface area contributed by atoms with Crippen molar-refractivity contribution in [2.45, 2.75) is 19.3 Å². The van der Waals surface area contributed by atoms with Crippen LogP contribution < -0.4 is 0 Å². The van der Waals surface area contributed by atoms with Crippen LogP contribution in [0.3, 0.4) is 0 Å². The van der Waals surface area contributed by atoms with Crippen LogP contribution in [0.25, 0.3) is 22.3 Å². The average molecular weight is 397 g/mol. The number of benzene rings is 2. The molecule has 3 heterocycles. The van der Waals surface area contributed by atoms with Crippen molar-refractivity contribution in [3.63, 3.8) is 0 Å². The number of piperidine rings is 1. The number of para-hydroxylation sites is 2. The van der Waals surface area contributed by atoms with Crippen molar-refractivity contribution in [3.8, 4) is 11.3 Å². The molecule has 0 aliphatic carbocycles. The van der Waals surface area contributed by atoms with E-state index < -0.39 is 0 Å². The van der Waals surface area contributed by atoms with Gasteiger partial charge in [-0.05, 0) is 37.0 Å². The molecule has 2 aromatic heterocycles. The van der Waals surface area contributed by atoms with Crippen LogP contribution in [-0.2, 0) is 6.42 Å². The molecule has 1 saturated heterocycles. The van der Waals surface area contributed by atoms with Gasteiger partial charge in [0.25, 0.3) is 5.91 Å². The maximum absolute atomic E-state index is 13.0. The zero-order valence-corrected chi connectivity index (χ0v) is 16.7. The normalized spacial score (nSPS) is 14.9. The topological polar surface area (TPSA) is 74.8 Å². The lowest BCUT2D eigenvalue weighted by molar-refractivity contribution is 0.0689. The molecule has 1 fully saturated rings. The minimum Gasteiger partial charge on any atom is -0.342 e. The maximum atomic E-state index is 13.0. The first kappa shape index (κ1) is 18.5. The summed E-state index contributed by atoms with van der Waals surface area (Å²) in [5.74, 6) is 1.60. The third-order valence-electron chi connectivity index (χ3n) is 5.79. The van der Waals surface area contributed by atoms with Crippen molar-refractivity contribution in [2.75, 3.05) is 13.1 Å². The predicted octanol–water partition coefficient (Wildman–Crippen LogP) is 4.11. The standard InChI is InChI=1S/C24H23N5O/c30-24(19-15-22(28-25-16-19)18-6-2-1-3-7-18)29-12-10-17(11-13-29)14-23-26-20-8-4-5-9-21(20)27-23/h1-9,15-17H,10-14H2,(H,26,27). The Morgan fingerprint density at radius 2 is 1.80 bits per heavy atom. The lowest BCUT2D eigenvalue weighted by Crippen LogP contribution is -2.39. The quantitative estimate of drug-likeness (QED) is 0.562. The molecule has 0 unspecified atom stereocenters.